The van der Waals surface area contributed by atoms with Gasteiger partial charge in [-0.15, -0.1) is 5.10 Å². The van der Waals surface area contributed by atoms with Gasteiger partial charge in [0.1, 0.15) is 6.10 Å². The van der Waals surface area contributed by atoms with Crippen LogP contribution in [0, 0.1) is 6.92 Å². The zero-order chi connectivity index (χ0) is 12.9. The van der Waals surface area contributed by atoms with E-state index in [1.165, 1.54) is 0 Å². The molecule has 1 rings (SSSR count). The summed E-state index contributed by atoms with van der Waals surface area (Å²) in [5, 5.41) is 10.5. The molecule has 0 radical (unpaired) electrons. The van der Waals surface area contributed by atoms with Crippen LogP contribution in [0.15, 0.2) is 6.07 Å². The zero-order valence-electron chi connectivity index (χ0n) is 11.6. The van der Waals surface area contributed by atoms with E-state index in [0.717, 1.165) is 25.1 Å². The molecule has 0 amide bonds. The smallest absolute Gasteiger partial charge is 0.233 e. The van der Waals surface area contributed by atoms with Gasteiger partial charge < -0.3 is 10.1 Å². The van der Waals surface area contributed by atoms with Crippen LogP contribution in [0.4, 0.5) is 0 Å². The Kier molecular flexibility index (Phi) is 5.00. The van der Waals surface area contributed by atoms with E-state index in [2.05, 4.69) is 43.2 Å². The second-order valence-electron chi connectivity index (χ2n) is 5.55. The summed E-state index contributed by atoms with van der Waals surface area (Å²) in [7, 11) is 0. The summed E-state index contributed by atoms with van der Waals surface area (Å²) in [6.07, 6.45) is 2.33. The molecule has 0 bridgehead atoms. The molecule has 0 saturated carbocycles. The molecule has 1 atom stereocenters. The predicted octanol–water partition coefficient (Wildman–Crippen LogP) is 2.65. The third-order valence-electron chi connectivity index (χ3n) is 2.44. The lowest BCUT2D eigenvalue weighted by Crippen LogP contribution is -2.42. The van der Waals surface area contributed by atoms with Crippen LogP contribution in [-0.2, 0) is 0 Å². The van der Waals surface area contributed by atoms with Crippen molar-refractivity contribution in [3.05, 3.63) is 11.8 Å². The van der Waals surface area contributed by atoms with Crippen molar-refractivity contribution in [1.82, 2.24) is 15.5 Å². The number of nitrogens with one attached hydrogen (secondary N) is 2. The number of nitrogens with zero attached hydrogens (tertiary/aromatic N) is 1. The maximum Gasteiger partial charge on any atom is 0.233 e. The minimum absolute atomic E-state index is 0.122. The largest absolute Gasteiger partial charge is 0.472 e. The predicted molar refractivity (Wildman–Crippen MR) is 70.4 cm³/mol. The number of aromatic amines is 1. The van der Waals surface area contributed by atoms with E-state index in [0.29, 0.717) is 5.88 Å². The van der Waals surface area contributed by atoms with E-state index in [1.54, 1.807) is 0 Å². The number of hydrogen-bond donors (Lipinski definition) is 2. The van der Waals surface area contributed by atoms with E-state index in [1.807, 2.05) is 13.0 Å². The minimum atomic E-state index is 0.122. The van der Waals surface area contributed by atoms with Gasteiger partial charge in [-0.3, -0.25) is 5.10 Å². The number of H-pyrrole nitrogens is 1. The van der Waals surface area contributed by atoms with Crippen LogP contribution in [0.5, 0.6) is 5.88 Å². The Morgan fingerprint density at radius 3 is 2.65 bits per heavy atom. The molecule has 1 unspecified atom stereocenters. The minimum Gasteiger partial charge on any atom is -0.472 e. The first-order valence-corrected chi connectivity index (χ1v) is 6.34. The molecular weight excluding hydrogens is 214 g/mol. The second-order valence-corrected chi connectivity index (χ2v) is 5.55. The maximum atomic E-state index is 5.87. The SMILES string of the molecule is CCCC(CNC(C)(C)C)Oc1cc(C)[nH]n1. The molecule has 1 aromatic heterocycles. The Labute approximate surface area is 104 Å². The van der Waals surface area contributed by atoms with Crippen molar-refractivity contribution >= 4 is 0 Å². The van der Waals surface area contributed by atoms with Crippen molar-refractivity contribution in [3.8, 4) is 5.88 Å². The fraction of sp³-hybridized carbons (Fsp3) is 0.769. The first-order valence-electron chi connectivity index (χ1n) is 6.34. The summed E-state index contributed by atoms with van der Waals surface area (Å²) in [5.74, 6) is 0.691. The summed E-state index contributed by atoms with van der Waals surface area (Å²) in [4.78, 5) is 0. The number of hydrogen-bond acceptors (Lipinski definition) is 3. The van der Waals surface area contributed by atoms with Crippen LogP contribution >= 0.6 is 0 Å². The van der Waals surface area contributed by atoms with Crippen LogP contribution in [0.3, 0.4) is 0 Å². The molecule has 0 aliphatic carbocycles. The summed E-state index contributed by atoms with van der Waals surface area (Å²) in [6.45, 7) is 11.5. The topological polar surface area (TPSA) is 49.9 Å². The normalized spacial score (nSPS) is 13.7. The van der Waals surface area contributed by atoms with E-state index < -0.39 is 0 Å². The molecule has 17 heavy (non-hydrogen) atoms. The number of rotatable bonds is 6. The molecular formula is C13H25N3O. The van der Waals surface area contributed by atoms with E-state index in [9.17, 15) is 0 Å². The van der Waals surface area contributed by atoms with Crippen LogP contribution in [0.1, 0.15) is 46.2 Å². The van der Waals surface area contributed by atoms with Gasteiger partial charge in [-0.1, -0.05) is 13.3 Å². The highest BCUT2D eigenvalue weighted by atomic mass is 16.5. The van der Waals surface area contributed by atoms with Gasteiger partial charge in [0.15, 0.2) is 0 Å². The molecule has 0 spiro atoms. The third-order valence-corrected chi connectivity index (χ3v) is 2.44. The van der Waals surface area contributed by atoms with Crippen molar-refractivity contribution in [2.45, 2.75) is 59.1 Å². The fourth-order valence-corrected chi connectivity index (χ4v) is 1.57. The summed E-state index contributed by atoms with van der Waals surface area (Å²) in [6, 6.07) is 1.93. The number of aryl methyl sites for hydroxylation is 1. The average molecular weight is 239 g/mol. The molecule has 4 nitrogen and oxygen atoms in total. The lowest BCUT2D eigenvalue weighted by atomic mass is 10.1. The van der Waals surface area contributed by atoms with Crippen LogP contribution < -0.4 is 10.1 Å². The van der Waals surface area contributed by atoms with Gasteiger partial charge in [0, 0.05) is 23.8 Å². The number of ether oxygens (including phenoxy) is 1. The molecule has 98 valence electrons. The van der Waals surface area contributed by atoms with Crippen LogP contribution in [0.25, 0.3) is 0 Å². The monoisotopic (exact) mass is 239 g/mol. The van der Waals surface area contributed by atoms with E-state index >= 15 is 0 Å². The molecule has 0 aliphatic heterocycles. The summed E-state index contributed by atoms with van der Waals surface area (Å²) >= 11 is 0. The molecule has 1 aromatic rings. The zero-order valence-corrected chi connectivity index (χ0v) is 11.6. The van der Waals surface area contributed by atoms with Crippen LogP contribution in [-0.4, -0.2) is 28.4 Å². The first kappa shape index (κ1) is 14.0. The standard InChI is InChI=1S/C13H25N3O/c1-6-7-11(9-14-13(3,4)5)17-12-8-10(2)15-16-12/h8,11,14H,6-7,9H2,1-5H3,(H,15,16). The lowest BCUT2D eigenvalue weighted by Gasteiger charge is -2.25. The Morgan fingerprint density at radius 1 is 1.47 bits per heavy atom. The maximum absolute atomic E-state index is 5.87. The van der Waals surface area contributed by atoms with E-state index in [4.69, 9.17) is 4.74 Å². The Hall–Kier alpha value is -1.03. The second kappa shape index (κ2) is 6.05. The summed E-state index contributed by atoms with van der Waals surface area (Å²) < 4.78 is 5.87. The number of aromatic nitrogens is 2. The molecule has 2 N–H and O–H groups in total. The Bertz CT molecular complexity index is 328. The molecule has 0 aromatic carbocycles. The molecule has 4 heteroatoms. The highest BCUT2D eigenvalue weighted by molar-refractivity contribution is 5.12. The Balaban J connectivity index is 2.48. The van der Waals surface area contributed by atoms with Crippen molar-refractivity contribution in [1.29, 1.82) is 0 Å². The highest BCUT2D eigenvalue weighted by Gasteiger charge is 2.15. The molecule has 0 fully saturated rings. The van der Waals surface area contributed by atoms with Gasteiger partial charge in [0.05, 0.1) is 0 Å². The van der Waals surface area contributed by atoms with Gasteiger partial charge in [-0.2, -0.15) is 0 Å². The van der Waals surface area contributed by atoms with Crippen molar-refractivity contribution in [2.24, 2.45) is 0 Å². The summed E-state index contributed by atoms with van der Waals surface area (Å²) in [5.41, 5.74) is 1.15. The van der Waals surface area contributed by atoms with Gasteiger partial charge in [-0.05, 0) is 34.1 Å². The first-order chi connectivity index (χ1) is 7.90. The van der Waals surface area contributed by atoms with Crippen LogP contribution in [0.2, 0.25) is 0 Å². The van der Waals surface area contributed by atoms with E-state index in [-0.39, 0.29) is 11.6 Å². The van der Waals surface area contributed by atoms with Gasteiger partial charge in [0.2, 0.25) is 5.88 Å². The fourth-order valence-electron chi connectivity index (χ4n) is 1.57. The van der Waals surface area contributed by atoms with Crippen molar-refractivity contribution in [2.75, 3.05) is 6.54 Å². The van der Waals surface area contributed by atoms with Gasteiger partial charge in [-0.25, -0.2) is 0 Å². The lowest BCUT2D eigenvalue weighted by molar-refractivity contribution is 0.168. The quantitative estimate of drug-likeness (QED) is 0.802. The molecule has 0 saturated heterocycles. The van der Waals surface area contributed by atoms with Gasteiger partial charge in [0.25, 0.3) is 0 Å². The highest BCUT2D eigenvalue weighted by Crippen LogP contribution is 2.12. The molecule has 0 aliphatic rings. The van der Waals surface area contributed by atoms with Crippen molar-refractivity contribution in [3.63, 3.8) is 0 Å². The van der Waals surface area contributed by atoms with Crippen molar-refractivity contribution < 1.29 is 4.74 Å². The Morgan fingerprint density at radius 2 is 2.18 bits per heavy atom. The van der Waals surface area contributed by atoms with Gasteiger partial charge >= 0.3 is 0 Å². The molecule has 1 heterocycles. The average Bonchev–Trinajstić information content (AvgIpc) is 2.60. The third kappa shape index (κ3) is 5.73.